The zero-order valence-electron chi connectivity index (χ0n) is 22.4. The predicted octanol–water partition coefficient (Wildman–Crippen LogP) is 5.68. The maximum Gasteiger partial charge on any atom is 0.268 e. The summed E-state index contributed by atoms with van der Waals surface area (Å²) in [5.74, 6) is 1.41. The van der Waals surface area contributed by atoms with Crippen LogP contribution in [0.2, 0.25) is 0 Å². The summed E-state index contributed by atoms with van der Waals surface area (Å²) in [6.07, 6.45) is 6.59. The van der Waals surface area contributed by atoms with Crippen molar-refractivity contribution in [3.05, 3.63) is 48.0 Å². The molecule has 8 heteroatoms. The number of pyridine rings is 1. The Hall–Kier alpha value is -2.06. The highest BCUT2D eigenvalue weighted by atomic mass is 32.3. The number of aromatic nitrogens is 1. The molecule has 0 bridgehead atoms. The highest BCUT2D eigenvalue weighted by molar-refractivity contribution is 8.32. The third-order valence-corrected chi connectivity index (χ3v) is 10.6. The van der Waals surface area contributed by atoms with E-state index in [0.29, 0.717) is 17.3 Å². The number of sulfonamides is 1. The first-order valence-corrected chi connectivity index (χ1v) is 16.2. The second-order valence-corrected chi connectivity index (χ2v) is 17.6. The van der Waals surface area contributed by atoms with E-state index in [9.17, 15) is 13.2 Å². The molecule has 1 aromatic heterocycles. The maximum atomic E-state index is 13.4. The van der Waals surface area contributed by atoms with Crippen LogP contribution in [0.3, 0.4) is 0 Å². The molecule has 35 heavy (non-hydrogen) atoms. The summed E-state index contributed by atoms with van der Waals surface area (Å²) >= 11 is 0. The Balaban J connectivity index is 2.03. The molecule has 1 aromatic carbocycles. The fourth-order valence-corrected chi connectivity index (χ4v) is 7.67. The normalized spacial score (nSPS) is 19.0. The van der Waals surface area contributed by atoms with E-state index in [1.165, 1.54) is 12.1 Å². The number of carbonyl (C=O) groups excluding carboxylic acids is 1. The van der Waals surface area contributed by atoms with Gasteiger partial charge in [0.15, 0.2) is 0 Å². The van der Waals surface area contributed by atoms with Crippen LogP contribution in [0.25, 0.3) is 0 Å². The molecule has 0 spiro atoms. The Morgan fingerprint density at radius 3 is 2.29 bits per heavy atom. The van der Waals surface area contributed by atoms with Crippen molar-refractivity contribution in [1.29, 1.82) is 0 Å². The number of carbonyl (C=O) groups is 1. The predicted molar refractivity (Wildman–Crippen MR) is 147 cm³/mol. The van der Waals surface area contributed by atoms with E-state index in [-0.39, 0.29) is 15.8 Å². The van der Waals surface area contributed by atoms with Crippen molar-refractivity contribution in [1.82, 2.24) is 9.71 Å². The largest absolute Gasteiger partial charge is 0.351 e. The van der Waals surface area contributed by atoms with Gasteiger partial charge in [0.1, 0.15) is 5.82 Å². The zero-order chi connectivity index (χ0) is 26.2. The van der Waals surface area contributed by atoms with Crippen molar-refractivity contribution >= 4 is 31.8 Å². The third kappa shape index (κ3) is 6.58. The van der Waals surface area contributed by atoms with Crippen molar-refractivity contribution in [3.63, 3.8) is 0 Å². The molecule has 0 unspecified atom stereocenters. The second-order valence-electron chi connectivity index (χ2n) is 12.1. The lowest BCUT2D eigenvalue weighted by Gasteiger charge is -2.37. The van der Waals surface area contributed by atoms with Crippen LogP contribution in [-0.2, 0) is 10.0 Å². The van der Waals surface area contributed by atoms with Gasteiger partial charge in [0, 0.05) is 12.1 Å². The molecule has 1 aliphatic rings. The molecule has 0 radical (unpaired) electrons. The highest BCUT2D eigenvalue weighted by Crippen LogP contribution is 2.51. The van der Waals surface area contributed by atoms with Crippen molar-refractivity contribution in [2.45, 2.75) is 69.8 Å². The molecular weight excluding hydrogens is 478 g/mol. The van der Waals surface area contributed by atoms with Crippen molar-refractivity contribution in [2.75, 3.05) is 29.7 Å². The summed E-state index contributed by atoms with van der Waals surface area (Å²) in [5, 5.41) is 0.995. The molecule has 1 N–H and O–H groups in total. The molecular formula is C27H41N3O3S2. The Kier molecular flexibility index (Phi) is 7.68. The lowest BCUT2D eigenvalue weighted by molar-refractivity contribution is 0.0981. The van der Waals surface area contributed by atoms with Gasteiger partial charge in [-0.25, -0.2) is 28.2 Å². The lowest BCUT2D eigenvalue weighted by Crippen LogP contribution is -2.41. The maximum absolute atomic E-state index is 13.4. The molecule has 6 nitrogen and oxygen atoms in total. The molecule has 1 amide bonds. The van der Waals surface area contributed by atoms with Gasteiger partial charge in [0.2, 0.25) is 0 Å². The number of rotatable bonds is 7. The first kappa shape index (κ1) is 27.5. The van der Waals surface area contributed by atoms with Gasteiger partial charge in [0.25, 0.3) is 15.9 Å². The number of hydrogen-bond acceptors (Lipinski definition) is 5. The van der Waals surface area contributed by atoms with Crippen LogP contribution in [0.15, 0.2) is 52.4 Å². The molecule has 1 aliphatic heterocycles. The first-order chi connectivity index (χ1) is 16.0. The van der Waals surface area contributed by atoms with Gasteiger partial charge in [0.05, 0.1) is 15.5 Å². The number of amides is 1. The number of nitrogens with one attached hydrogen (secondary N) is 1. The number of anilines is 1. The molecule has 1 saturated heterocycles. The second kappa shape index (κ2) is 9.77. The Bertz CT molecular complexity index is 1170. The lowest BCUT2D eigenvalue weighted by atomic mass is 9.94. The molecule has 3 rings (SSSR count). The summed E-state index contributed by atoms with van der Waals surface area (Å²) in [7, 11) is -5.20. The van der Waals surface area contributed by atoms with E-state index < -0.39 is 26.0 Å². The molecule has 2 aromatic rings. The molecule has 194 valence electrons. The molecule has 0 aliphatic carbocycles. The summed E-state index contributed by atoms with van der Waals surface area (Å²) < 4.78 is 28.0. The standard InChI is InChI=1S/C27H41N3O3S2/c1-20-18-27(5,6)30(19-20)24-22(25(31)29-35(32,33)21-12-10-9-11-13-21)14-15-23(28-24)34(7,8)17-16-26(2,3)4/h9-15,20H,16-19H2,1-8H3,(H,29,31)/t20-/m0/s1. The Morgan fingerprint density at radius 2 is 1.74 bits per heavy atom. The summed E-state index contributed by atoms with van der Waals surface area (Å²) in [4.78, 5) is 20.7. The average Bonchev–Trinajstić information content (AvgIpc) is 3.03. The van der Waals surface area contributed by atoms with Gasteiger partial charge in [-0.2, -0.15) is 0 Å². The van der Waals surface area contributed by atoms with Gasteiger partial charge < -0.3 is 4.90 Å². The highest BCUT2D eigenvalue weighted by Gasteiger charge is 2.39. The van der Waals surface area contributed by atoms with Gasteiger partial charge >= 0.3 is 0 Å². The third-order valence-electron chi connectivity index (χ3n) is 6.63. The van der Waals surface area contributed by atoms with Gasteiger partial charge in [-0.1, -0.05) is 45.9 Å². The molecule has 2 heterocycles. The fourth-order valence-electron chi connectivity index (χ4n) is 4.58. The fraction of sp³-hybridized carbons (Fsp3) is 0.556. The van der Waals surface area contributed by atoms with Crippen molar-refractivity contribution < 1.29 is 13.2 Å². The van der Waals surface area contributed by atoms with Gasteiger partial charge in [-0.3, -0.25) is 4.79 Å². The Labute approximate surface area is 213 Å². The zero-order valence-corrected chi connectivity index (χ0v) is 24.0. The minimum atomic E-state index is -3.99. The Morgan fingerprint density at radius 1 is 1.11 bits per heavy atom. The van der Waals surface area contributed by atoms with Crippen molar-refractivity contribution in [3.8, 4) is 0 Å². The van der Waals surface area contributed by atoms with E-state index in [0.717, 1.165) is 30.2 Å². The van der Waals surface area contributed by atoms with E-state index in [4.69, 9.17) is 4.98 Å². The summed E-state index contributed by atoms with van der Waals surface area (Å²) in [5.41, 5.74) is 0.329. The van der Waals surface area contributed by atoms with Crippen LogP contribution in [-0.4, -0.2) is 49.7 Å². The van der Waals surface area contributed by atoms with Crippen LogP contribution in [0.4, 0.5) is 5.82 Å². The van der Waals surface area contributed by atoms with Crippen LogP contribution in [0, 0.1) is 11.3 Å². The number of nitrogens with zero attached hydrogens (tertiary/aromatic N) is 2. The number of benzene rings is 1. The average molecular weight is 520 g/mol. The summed E-state index contributed by atoms with van der Waals surface area (Å²) in [6.45, 7) is 14.0. The number of hydrogen-bond donors (Lipinski definition) is 1. The van der Waals surface area contributed by atoms with E-state index in [2.05, 4.69) is 63.7 Å². The van der Waals surface area contributed by atoms with Crippen LogP contribution >= 0.6 is 10.0 Å². The molecule has 0 saturated carbocycles. The molecule has 1 atom stereocenters. The summed E-state index contributed by atoms with van der Waals surface area (Å²) in [6, 6.07) is 11.6. The van der Waals surface area contributed by atoms with E-state index in [1.54, 1.807) is 24.3 Å². The quantitative estimate of drug-likeness (QED) is 0.509. The minimum absolute atomic E-state index is 0.0577. The minimum Gasteiger partial charge on any atom is -0.351 e. The smallest absolute Gasteiger partial charge is 0.268 e. The SMILES string of the molecule is C[C@@H]1CN(c2nc(S(C)(C)CCC(C)(C)C)ccc2C(=O)NS(=O)(=O)c2ccccc2)C(C)(C)C1. The first-order valence-electron chi connectivity index (χ1n) is 12.1. The van der Waals surface area contributed by atoms with Crippen LogP contribution in [0.1, 0.15) is 64.7 Å². The topological polar surface area (TPSA) is 79.4 Å². The van der Waals surface area contributed by atoms with Gasteiger partial charge in [-0.05, 0) is 80.6 Å². The van der Waals surface area contributed by atoms with E-state index in [1.807, 2.05) is 6.07 Å². The van der Waals surface area contributed by atoms with E-state index >= 15 is 0 Å². The molecule has 1 fully saturated rings. The monoisotopic (exact) mass is 519 g/mol. The van der Waals surface area contributed by atoms with Crippen molar-refractivity contribution in [2.24, 2.45) is 11.3 Å². The van der Waals surface area contributed by atoms with Crippen LogP contribution in [0.5, 0.6) is 0 Å². The van der Waals surface area contributed by atoms with Crippen LogP contribution < -0.4 is 9.62 Å². The van der Waals surface area contributed by atoms with Gasteiger partial charge in [-0.15, -0.1) is 0 Å².